The number of fused-ring (bicyclic) bond motifs is 1. The van der Waals surface area contributed by atoms with Crippen LogP contribution in [0, 0.1) is 0 Å². The van der Waals surface area contributed by atoms with Crippen molar-refractivity contribution in [1.82, 2.24) is 14.8 Å². The first-order valence-corrected chi connectivity index (χ1v) is 8.99. The molecule has 0 spiro atoms. The lowest BCUT2D eigenvalue weighted by atomic mass is 9.99. The van der Waals surface area contributed by atoms with Crippen LogP contribution in [-0.2, 0) is 6.54 Å². The van der Waals surface area contributed by atoms with Crippen LogP contribution >= 0.6 is 23.2 Å². The minimum absolute atomic E-state index is 0.378. The Morgan fingerprint density at radius 1 is 1.28 bits per heavy atom. The van der Waals surface area contributed by atoms with Gasteiger partial charge in [-0.1, -0.05) is 23.2 Å². The minimum atomic E-state index is 0.378. The van der Waals surface area contributed by atoms with Gasteiger partial charge in [-0.05, 0) is 37.5 Å². The molecule has 1 saturated carbocycles. The van der Waals surface area contributed by atoms with Gasteiger partial charge in [-0.3, -0.25) is 0 Å². The number of ether oxygens (including phenoxy) is 1. The Hall–Kier alpha value is -1.98. The number of hydrogen-bond acceptors (Lipinski definition) is 4. The number of hydrogen-bond donors (Lipinski definition) is 1. The number of anilines is 1. The normalized spacial score (nSPS) is 14.2. The molecule has 0 saturated heterocycles. The summed E-state index contributed by atoms with van der Waals surface area (Å²) in [5.41, 5.74) is 9.87. The summed E-state index contributed by atoms with van der Waals surface area (Å²) < 4.78 is 7.67. The van der Waals surface area contributed by atoms with Crippen LogP contribution in [0.5, 0.6) is 5.75 Å². The van der Waals surface area contributed by atoms with Gasteiger partial charge in [0.2, 0.25) is 0 Å². The first-order valence-electron chi connectivity index (χ1n) is 8.23. The van der Waals surface area contributed by atoms with Gasteiger partial charge in [-0.25, -0.2) is 9.67 Å². The molecule has 1 aromatic carbocycles. The Labute approximate surface area is 155 Å². The fraction of sp³-hybridized carbons (Fsp3) is 0.333. The fourth-order valence-corrected chi connectivity index (χ4v) is 3.66. The van der Waals surface area contributed by atoms with Gasteiger partial charge in [0.05, 0.1) is 40.1 Å². The van der Waals surface area contributed by atoms with Crippen molar-refractivity contribution in [2.45, 2.75) is 32.2 Å². The topological polar surface area (TPSA) is 66.0 Å². The molecule has 0 radical (unpaired) electrons. The molecule has 2 heterocycles. The summed E-state index contributed by atoms with van der Waals surface area (Å²) in [6.45, 7) is 2.79. The third kappa shape index (κ3) is 2.62. The van der Waals surface area contributed by atoms with E-state index in [0.717, 1.165) is 53.0 Å². The maximum Gasteiger partial charge on any atom is 0.158 e. The number of benzene rings is 1. The van der Waals surface area contributed by atoms with Gasteiger partial charge in [0.25, 0.3) is 0 Å². The summed E-state index contributed by atoms with van der Waals surface area (Å²) in [5, 5.41) is 6.23. The number of nitrogens with two attached hydrogens (primary N) is 1. The Morgan fingerprint density at radius 2 is 1.96 bits per heavy atom. The summed E-state index contributed by atoms with van der Waals surface area (Å²) in [6, 6.07) is 3.64. The summed E-state index contributed by atoms with van der Waals surface area (Å²) >= 11 is 12.6. The number of methoxy groups -OCH3 is 1. The average Bonchev–Trinajstić information content (AvgIpc) is 3.37. The fourth-order valence-electron chi connectivity index (χ4n) is 3.18. The number of rotatable bonds is 4. The third-order valence-electron chi connectivity index (χ3n) is 4.60. The van der Waals surface area contributed by atoms with Crippen LogP contribution in [0.2, 0.25) is 10.0 Å². The standard InChI is InChI=1S/C18H18Cl2N4O/c1-3-24-18-11(8-22-24)14(10-6-12(19)15(21)13(20)7-10)17(25-2)16(23-18)9-4-5-9/h6-9H,3-5,21H2,1-2H3. The van der Waals surface area contributed by atoms with E-state index in [4.69, 9.17) is 38.7 Å². The number of aryl methyl sites for hydroxylation is 1. The Morgan fingerprint density at radius 3 is 2.52 bits per heavy atom. The van der Waals surface area contributed by atoms with E-state index >= 15 is 0 Å². The van der Waals surface area contributed by atoms with Crippen LogP contribution < -0.4 is 10.5 Å². The van der Waals surface area contributed by atoms with Crippen molar-refractivity contribution in [3.05, 3.63) is 34.1 Å². The van der Waals surface area contributed by atoms with E-state index in [9.17, 15) is 0 Å². The molecular weight excluding hydrogens is 359 g/mol. The van der Waals surface area contributed by atoms with E-state index in [1.165, 1.54) is 0 Å². The van der Waals surface area contributed by atoms with Crippen molar-refractivity contribution in [3.8, 4) is 16.9 Å². The predicted molar refractivity (Wildman–Crippen MR) is 102 cm³/mol. The van der Waals surface area contributed by atoms with Gasteiger partial charge in [0, 0.05) is 18.0 Å². The number of aromatic nitrogens is 3. The molecule has 130 valence electrons. The zero-order valence-corrected chi connectivity index (χ0v) is 15.5. The second kappa shape index (κ2) is 6.07. The number of nitrogens with zero attached hydrogens (tertiary/aromatic N) is 3. The molecule has 1 aliphatic rings. The molecule has 1 fully saturated rings. The van der Waals surface area contributed by atoms with Crippen LogP contribution in [-0.4, -0.2) is 21.9 Å². The number of pyridine rings is 1. The van der Waals surface area contributed by atoms with E-state index < -0.39 is 0 Å². The lowest BCUT2D eigenvalue weighted by Gasteiger charge is -2.16. The molecule has 1 aliphatic carbocycles. The zero-order chi connectivity index (χ0) is 17.7. The van der Waals surface area contributed by atoms with Gasteiger partial charge < -0.3 is 10.5 Å². The molecule has 2 N–H and O–H groups in total. The first-order chi connectivity index (χ1) is 12.0. The summed E-state index contributed by atoms with van der Waals surface area (Å²) in [4.78, 5) is 4.87. The van der Waals surface area contributed by atoms with Crippen LogP contribution in [0.25, 0.3) is 22.2 Å². The Bertz CT molecular complexity index is 956. The molecular formula is C18H18Cl2N4O. The second-order valence-corrected chi connectivity index (χ2v) is 7.05. The molecule has 0 amide bonds. The highest BCUT2D eigenvalue weighted by atomic mass is 35.5. The highest BCUT2D eigenvalue weighted by molar-refractivity contribution is 6.39. The van der Waals surface area contributed by atoms with Crippen molar-refractivity contribution in [2.75, 3.05) is 12.8 Å². The van der Waals surface area contributed by atoms with Crippen LogP contribution in [0.15, 0.2) is 18.3 Å². The van der Waals surface area contributed by atoms with E-state index in [2.05, 4.69) is 5.10 Å². The van der Waals surface area contributed by atoms with Crippen LogP contribution in [0.3, 0.4) is 0 Å². The SMILES string of the molecule is CCn1ncc2c(-c3cc(Cl)c(N)c(Cl)c3)c(OC)c(C3CC3)nc21. The first kappa shape index (κ1) is 16.5. The highest BCUT2D eigenvalue weighted by Gasteiger charge is 2.32. The summed E-state index contributed by atoms with van der Waals surface area (Å²) in [7, 11) is 1.67. The maximum absolute atomic E-state index is 6.28. The van der Waals surface area contributed by atoms with Crippen LogP contribution in [0.4, 0.5) is 5.69 Å². The van der Waals surface area contributed by atoms with E-state index in [0.29, 0.717) is 21.7 Å². The van der Waals surface area contributed by atoms with Crippen molar-refractivity contribution >= 4 is 39.9 Å². The monoisotopic (exact) mass is 376 g/mol. The molecule has 0 unspecified atom stereocenters. The van der Waals surface area contributed by atoms with Crippen molar-refractivity contribution in [2.24, 2.45) is 0 Å². The Balaban J connectivity index is 2.09. The number of nitrogen functional groups attached to an aromatic ring is 1. The van der Waals surface area contributed by atoms with E-state index in [1.54, 1.807) is 7.11 Å². The maximum atomic E-state index is 6.28. The molecule has 7 heteroatoms. The van der Waals surface area contributed by atoms with Gasteiger partial charge in [0.1, 0.15) is 5.75 Å². The quantitative estimate of drug-likeness (QED) is 0.658. The molecule has 0 bridgehead atoms. The Kier molecular flexibility index (Phi) is 4.01. The lowest BCUT2D eigenvalue weighted by molar-refractivity contribution is 0.409. The lowest BCUT2D eigenvalue weighted by Crippen LogP contribution is -2.03. The smallest absolute Gasteiger partial charge is 0.158 e. The van der Waals surface area contributed by atoms with Gasteiger partial charge >= 0.3 is 0 Å². The molecule has 4 rings (SSSR count). The minimum Gasteiger partial charge on any atom is -0.494 e. The third-order valence-corrected chi connectivity index (χ3v) is 5.23. The van der Waals surface area contributed by atoms with Crippen molar-refractivity contribution in [1.29, 1.82) is 0 Å². The van der Waals surface area contributed by atoms with E-state index in [1.807, 2.05) is 29.9 Å². The molecule has 0 aliphatic heterocycles. The van der Waals surface area contributed by atoms with Gasteiger partial charge in [0.15, 0.2) is 5.65 Å². The van der Waals surface area contributed by atoms with Crippen LogP contribution in [0.1, 0.15) is 31.4 Å². The van der Waals surface area contributed by atoms with Crippen molar-refractivity contribution < 1.29 is 4.74 Å². The summed E-state index contributed by atoms with van der Waals surface area (Å²) in [5.74, 6) is 1.19. The highest BCUT2D eigenvalue weighted by Crippen LogP contribution is 2.49. The van der Waals surface area contributed by atoms with E-state index in [-0.39, 0.29) is 0 Å². The second-order valence-electron chi connectivity index (χ2n) is 6.23. The van der Waals surface area contributed by atoms with Gasteiger partial charge in [-0.15, -0.1) is 0 Å². The molecule has 25 heavy (non-hydrogen) atoms. The summed E-state index contributed by atoms with van der Waals surface area (Å²) in [6.07, 6.45) is 4.06. The number of halogens is 2. The molecule has 0 atom stereocenters. The predicted octanol–water partition coefficient (Wildman–Crippen LogP) is 4.89. The van der Waals surface area contributed by atoms with Gasteiger partial charge in [-0.2, -0.15) is 5.10 Å². The largest absolute Gasteiger partial charge is 0.494 e. The zero-order valence-electron chi connectivity index (χ0n) is 14.0. The van der Waals surface area contributed by atoms with Crippen molar-refractivity contribution in [3.63, 3.8) is 0 Å². The molecule has 2 aromatic heterocycles. The molecule has 3 aromatic rings. The average molecular weight is 377 g/mol. The molecule has 5 nitrogen and oxygen atoms in total.